The van der Waals surface area contributed by atoms with E-state index >= 15 is 0 Å². The van der Waals surface area contributed by atoms with Gasteiger partial charge in [0.2, 0.25) is 15.9 Å². The first-order valence-electron chi connectivity index (χ1n) is 8.14. The molecule has 0 heterocycles. The minimum Gasteiger partial charge on any atom is -0.378 e. The van der Waals surface area contributed by atoms with Crippen LogP contribution in [0, 0.1) is 5.41 Å². The summed E-state index contributed by atoms with van der Waals surface area (Å²) in [6.07, 6.45) is 2.24. The molecule has 8 heteroatoms. The van der Waals surface area contributed by atoms with Crippen molar-refractivity contribution in [3.63, 3.8) is 0 Å². The van der Waals surface area contributed by atoms with Crippen LogP contribution in [0.1, 0.15) is 40.5 Å². The molecule has 3 N–H and O–H groups in total. The Hall–Kier alpha value is -0.700. The molecule has 0 aromatic rings. The molecular formula is C15H31N3O4S. The Labute approximate surface area is 140 Å². The second kappa shape index (κ2) is 7.46. The number of amides is 1. The van der Waals surface area contributed by atoms with Gasteiger partial charge in [-0.1, -0.05) is 20.8 Å². The highest BCUT2D eigenvalue weighted by atomic mass is 32.2. The molecule has 1 rings (SSSR count). The van der Waals surface area contributed by atoms with Crippen LogP contribution >= 0.6 is 0 Å². The van der Waals surface area contributed by atoms with Crippen LogP contribution < -0.4 is 11.1 Å². The number of hydrogen-bond acceptors (Lipinski definition) is 5. The smallest absolute Gasteiger partial charge is 0.240 e. The number of nitrogens with two attached hydrogens (primary N) is 1. The Morgan fingerprint density at radius 3 is 2.43 bits per heavy atom. The van der Waals surface area contributed by atoms with Crippen LogP contribution in [0.3, 0.4) is 0 Å². The fourth-order valence-electron chi connectivity index (χ4n) is 2.99. The van der Waals surface area contributed by atoms with E-state index in [1.165, 1.54) is 10.6 Å². The molecule has 136 valence electrons. The average Bonchev–Trinajstić information content (AvgIpc) is 2.45. The van der Waals surface area contributed by atoms with Crippen LogP contribution in [0.5, 0.6) is 0 Å². The first-order chi connectivity index (χ1) is 10.5. The van der Waals surface area contributed by atoms with Gasteiger partial charge in [-0.25, -0.2) is 12.7 Å². The molecule has 0 bridgehead atoms. The monoisotopic (exact) mass is 349 g/mol. The average molecular weight is 349 g/mol. The summed E-state index contributed by atoms with van der Waals surface area (Å²) in [6, 6.07) is 0. The predicted molar refractivity (Wildman–Crippen MR) is 90.4 cm³/mol. The van der Waals surface area contributed by atoms with Crippen LogP contribution in [0.4, 0.5) is 0 Å². The summed E-state index contributed by atoms with van der Waals surface area (Å²) in [5, 5.41) is 2.83. The van der Waals surface area contributed by atoms with E-state index in [4.69, 9.17) is 10.5 Å². The Kier molecular flexibility index (Phi) is 6.60. The van der Waals surface area contributed by atoms with E-state index in [0.717, 1.165) is 0 Å². The zero-order chi connectivity index (χ0) is 17.9. The van der Waals surface area contributed by atoms with Gasteiger partial charge >= 0.3 is 0 Å². The maximum absolute atomic E-state index is 12.4. The van der Waals surface area contributed by atoms with E-state index < -0.39 is 21.0 Å². The van der Waals surface area contributed by atoms with Gasteiger partial charge in [0, 0.05) is 38.1 Å². The molecule has 0 aromatic heterocycles. The number of hydrogen-bond donors (Lipinski definition) is 2. The third kappa shape index (κ3) is 4.23. The highest BCUT2D eigenvalue weighted by Gasteiger charge is 2.62. The van der Waals surface area contributed by atoms with Gasteiger partial charge in [-0.15, -0.1) is 0 Å². The van der Waals surface area contributed by atoms with Crippen molar-refractivity contribution < 1.29 is 17.9 Å². The molecule has 1 aliphatic rings. The van der Waals surface area contributed by atoms with Crippen molar-refractivity contribution in [1.29, 1.82) is 0 Å². The van der Waals surface area contributed by atoms with E-state index in [1.807, 2.05) is 20.8 Å². The third-order valence-corrected chi connectivity index (χ3v) is 6.31. The van der Waals surface area contributed by atoms with Crippen LogP contribution in [0.15, 0.2) is 0 Å². The summed E-state index contributed by atoms with van der Waals surface area (Å²) >= 11 is 0. The summed E-state index contributed by atoms with van der Waals surface area (Å²) in [4.78, 5) is 12.4. The third-order valence-electron chi connectivity index (χ3n) is 4.93. The number of carbonyl (C=O) groups excluding carboxylic acids is 1. The zero-order valence-corrected chi connectivity index (χ0v) is 15.7. The van der Waals surface area contributed by atoms with E-state index in [1.54, 1.807) is 6.92 Å². The van der Waals surface area contributed by atoms with Crippen molar-refractivity contribution in [2.24, 2.45) is 11.1 Å². The van der Waals surface area contributed by atoms with Crippen molar-refractivity contribution in [3.05, 3.63) is 0 Å². The molecular weight excluding hydrogens is 318 g/mol. The second-order valence-corrected chi connectivity index (χ2v) is 8.69. The topological polar surface area (TPSA) is 102 Å². The number of carbonyl (C=O) groups is 1. The first-order valence-corrected chi connectivity index (χ1v) is 9.99. The summed E-state index contributed by atoms with van der Waals surface area (Å²) in [5.74, 6) is -0.194. The van der Waals surface area contributed by atoms with Crippen molar-refractivity contribution in [2.75, 3.05) is 32.5 Å². The lowest BCUT2D eigenvalue weighted by Crippen LogP contribution is -2.75. The molecule has 1 saturated carbocycles. The molecule has 1 fully saturated rings. The van der Waals surface area contributed by atoms with E-state index in [0.29, 0.717) is 39.1 Å². The minimum absolute atomic E-state index is 0.0101. The lowest BCUT2D eigenvalue weighted by molar-refractivity contribution is -0.170. The highest BCUT2D eigenvalue weighted by molar-refractivity contribution is 7.88. The highest BCUT2D eigenvalue weighted by Crippen LogP contribution is 2.49. The molecule has 2 atom stereocenters. The Bertz CT molecular complexity index is 521. The molecule has 2 unspecified atom stereocenters. The lowest BCUT2D eigenvalue weighted by Gasteiger charge is -2.57. The number of nitrogens with one attached hydrogen (secondary N) is 1. The van der Waals surface area contributed by atoms with Gasteiger partial charge in [0.15, 0.2) is 0 Å². The van der Waals surface area contributed by atoms with Gasteiger partial charge in [0.05, 0.1) is 12.4 Å². The van der Waals surface area contributed by atoms with Gasteiger partial charge in [-0.05, 0) is 13.3 Å². The number of nitrogens with zero attached hydrogens (tertiary/aromatic N) is 1. The Morgan fingerprint density at radius 1 is 1.39 bits per heavy atom. The maximum Gasteiger partial charge on any atom is 0.240 e. The number of ether oxygens (including phenoxy) is 1. The molecule has 0 aliphatic heterocycles. The molecule has 1 aliphatic carbocycles. The Morgan fingerprint density at radius 2 is 2.00 bits per heavy atom. The van der Waals surface area contributed by atoms with Gasteiger partial charge < -0.3 is 15.8 Å². The molecule has 7 nitrogen and oxygen atoms in total. The number of sulfonamides is 1. The fraction of sp³-hybridized carbons (Fsp3) is 0.933. The molecule has 0 radical (unpaired) electrons. The van der Waals surface area contributed by atoms with Crippen LogP contribution in [-0.2, 0) is 19.6 Å². The van der Waals surface area contributed by atoms with Crippen molar-refractivity contribution in [3.8, 4) is 0 Å². The molecule has 0 aromatic carbocycles. The van der Waals surface area contributed by atoms with Crippen LogP contribution in [0.2, 0.25) is 0 Å². The summed E-state index contributed by atoms with van der Waals surface area (Å²) in [6.45, 7) is 9.42. The summed E-state index contributed by atoms with van der Waals surface area (Å²) in [7, 11) is -3.19. The van der Waals surface area contributed by atoms with E-state index in [2.05, 4.69) is 5.32 Å². The van der Waals surface area contributed by atoms with Gasteiger partial charge in [-0.2, -0.15) is 0 Å². The largest absolute Gasteiger partial charge is 0.378 e. The maximum atomic E-state index is 12.4. The second-order valence-electron chi connectivity index (χ2n) is 6.71. The number of rotatable bonds is 9. The normalized spacial score (nSPS) is 26.8. The van der Waals surface area contributed by atoms with Crippen LogP contribution in [0.25, 0.3) is 0 Å². The predicted octanol–water partition coefficient (Wildman–Crippen LogP) is 0.307. The quantitative estimate of drug-likeness (QED) is 0.583. The zero-order valence-electron chi connectivity index (χ0n) is 14.9. The van der Waals surface area contributed by atoms with Gasteiger partial charge in [-0.3, -0.25) is 4.79 Å². The van der Waals surface area contributed by atoms with E-state index in [9.17, 15) is 13.2 Å². The van der Waals surface area contributed by atoms with Crippen molar-refractivity contribution in [2.45, 2.75) is 52.2 Å². The minimum atomic E-state index is -3.19. The van der Waals surface area contributed by atoms with Crippen molar-refractivity contribution >= 4 is 15.9 Å². The fourth-order valence-corrected chi connectivity index (χ4v) is 3.92. The molecule has 1 amide bonds. The molecule has 23 heavy (non-hydrogen) atoms. The summed E-state index contributed by atoms with van der Waals surface area (Å²) < 4.78 is 30.0. The Balaban J connectivity index is 2.46. The van der Waals surface area contributed by atoms with Crippen LogP contribution in [-0.4, -0.2) is 62.8 Å². The summed E-state index contributed by atoms with van der Waals surface area (Å²) in [5.41, 5.74) is 4.93. The van der Waals surface area contributed by atoms with Gasteiger partial charge in [0.1, 0.15) is 5.54 Å². The van der Waals surface area contributed by atoms with Crippen molar-refractivity contribution in [1.82, 2.24) is 9.62 Å². The molecule has 0 saturated heterocycles. The first kappa shape index (κ1) is 20.3. The lowest BCUT2D eigenvalue weighted by atomic mass is 9.54. The molecule has 0 spiro atoms. The van der Waals surface area contributed by atoms with Gasteiger partial charge in [0.25, 0.3) is 0 Å². The van der Waals surface area contributed by atoms with E-state index in [-0.39, 0.29) is 12.0 Å². The SMILES string of the molecule is CCOC1CC(N)(C(=O)NCCCN(CC)S(C)(=O)=O)C1(C)C. The standard InChI is InChI=1S/C15H31N3O4S/c1-6-18(23(5,20)21)10-8-9-17-13(19)15(16)11-12(22-7-2)14(15,3)4/h12H,6-11,16H2,1-5H3,(H,17,19).